The fourth-order valence-electron chi connectivity index (χ4n) is 1.65. The average Bonchev–Trinajstić information content (AvgIpc) is 2.16. The normalized spacial score (nSPS) is 20.9. The fraction of sp³-hybridized carbons (Fsp3) is 0.778. The van der Waals surface area contributed by atoms with Crippen LogP contribution in [0.25, 0.3) is 0 Å². The molecule has 1 fully saturated rings. The van der Waals surface area contributed by atoms with Crippen molar-refractivity contribution in [3.8, 4) is 0 Å². The number of nitrogens with zero attached hydrogens (tertiary/aromatic N) is 1. The zero-order valence-electron chi connectivity index (χ0n) is 9.15. The highest BCUT2D eigenvalue weighted by Crippen LogP contribution is 1.99. The number of primary amides is 2. The maximum absolute atomic E-state index is 10.8. The molecule has 0 saturated carbocycles. The molecule has 5 N–H and O–H groups in total. The van der Waals surface area contributed by atoms with Crippen LogP contribution in [0, 0.1) is 0 Å². The lowest BCUT2D eigenvalue weighted by molar-refractivity contribution is -0.122. The van der Waals surface area contributed by atoms with E-state index in [0.29, 0.717) is 19.7 Å². The molecule has 0 radical (unpaired) electrons. The number of nitrogens with two attached hydrogens (primary N) is 2. The van der Waals surface area contributed by atoms with E-state index in [4.69, 9.17) is 16.2 Å². The minimum absolute atomic E-state index is 0.0167. The van der Waals surface area contributed by atoms with Gasteiger partial charge in [0.2, 0.25) is 11.8 Å². The fourth-order valence-corrected chi connectivity index (χ4v) is 1.65. The minimum atomic E-state index is -0.481. The summed E-state index contributed by atoms with van der Waals surface area (Å²) < 4.78 is 5.46. The number of hydrogen-bond donors (Lipinski definition) is 3. The van der Waals surface area contributed by atoms with Crippen LogP contribution in [0.2, 0.25) is 0 Å². The van der Waals surface area contributed by atoms with Crippen LogP contribution in [0.15, 0.2) is 0 Å². The summed E-state index contributed by atoms with van der Waals surface area (Å²) in [6, 6.07) is 0. The summed E-state index contributed by atoms with van der Waals surface area (Å²) in [5.41, 5.74) is 10.2. The topological polar surface area (TPSA) is 111 Å². The van der Waals surface area contributed by atoms with Crippen molar-refractivity contribution in [1.82, 2.24) is 10.2 Å². The lowest BCUT2D eigenvalue weighted by atomic mass is 10.2. The van der Waals surface area contributed by atoms with E-state index in [0.717, 1.165) is 6.54 Å². The van der Waals surface area contributed by atoms with Crippen LogP contribution in [0.5, 0.6) is 0 Å². The van der Waals surface area contributed by atoms with Crippen molar-refractivity contribution in [2.24, 2.45) is 11.5 Å². The third-order valence-corrected chi connectivity index (χ3v) is 2.23. The molecule has 1 aliphatic heterocycles. The van der Waals surface area contributed by atoms with E-state index in [9.17, 15) is 9.59 Å². The Hall–Kier alpha value is -1.18. The van der Waals surface area contributed by atoms with Crippen LogP contribution < -0.4 is 16.8 Å². The lowest BCUT2D eigenvalue weighted by Crippen LogP contribution is -2.49. The molecule has 1 atom stereocenters. The Morgan fingerprint density at radius 2 is 1.94 bits per heavy atom. The summed E-state index contributed by atoms with van der Waals surface area (Å²) >= 11 is 0. The molecule has 7 nitrogen and oxygen atoms in total. The predicted molar refractivity (Wildman–Crippen MR) is 57.4 cm³/mol. The molecular weight excluding hydrogens is 212 g/mol. The van der Waals surface area contributed by atoms with Crippen molar-refractivity contribution < 1.29 is 14.3 Å². The second kappa shape index (κ2) is 6.41. The van der Waals surface area contributed by atoms with Crippen molar-refractivity contribution >= 4 is 11.8 Å². The molecule has 0 aromatic heterocycles. The Morgan fingerprint density at radius 3 is 2.38 bits per heavy atom. The van der Waals surface area contributed by atoms with Gasteiger partial charge in [-0.15, -0.1) is 0 Å². The van der Waals surface area contributed by atoms with Crippen molar-refractivity contribution in [2.45, 2.75) is 6.10 Å². The van der Waals surface area contributed by atoms with Gasteiger partial charge in [0.15, 0.2) is 0 Å². The lowest BCUT2D eigenvalue weighted by Gasteiger charge is -2.28. The third kappa shape index (κ3) is 5.06. The highest BCUT2D eigenvalue weighted by molar-refractivity contribution is 5.79. The summed E-state index contributed by atoms with van der Waals surface area (Å²) in [7, 11) is 0. The summed E-state index contributed by atoms with van der Waals surface area (Å²) in [5, 5.41) is 3.16. The summed E-state index contributed by atoms with van der Waals surface area (Å²) in [6.07, 6.45) is -0.0348. The molecule has 16 heavy (non-hydrogen) atoms. The van der Waals surface area contributed by atoms with Gasteiger partial charge in [-0.3, -0.25) is 14.5 Å². The van der Waals surface area contributed by atoms with Crippen molar-refractivity contribution in [1.29, 1.82) is 0 Å². The molecule has 1 aliphatic rings. The van der Waals surface area contributed by atoms with Crippen LogP contribution in [0.1, 0.15) is 0 Å². The molecule has 1 rings (SSSR count). The van der Waals surface area contributed by atoms with E-state index in [-0.39, 0.29) is 19.2 Å². The molecule has 1 saturated heterocycles. The first-order valence-electron chi connectivity index (χ1n) is 5.19. The monoisotopic (exact) mass is 230 g/mol. The molecule has 0 bridgehead atoms. The first-order valence-corrected chi connectivity index (χ1v) is 5.19. The number of rotatable bonds is 6. The smallest absolute Gasteiger partial charge is 0.231 e. The molecule has 92 valence electrons. The molecular formula is C9H18N4O3. The van der Waals surface area contributed by atoms with Gasteiger partial charge in [-0.1, -0.05) is 0 Å². The first-order chi connectivity index (χ1) is 7.58. The van der Waals surface area contributed by atoms with Crippen LogP contribution in [-0.2, 0) is 14.3 Å². The molecule has 1 heterocycles. The first kappa shape index (κ1) is 12.9. The molecule has 1 unspecified atom stereocenters. The van der Waals surface area contributed by atoms with E-state index >= 15 is 0 Å². The number of hydrogen-bond acceptors (Lipinski definition) is 5. The molecule has 7 heteroatoms. The highest BCUT2D eigenvalue weighted by Gasteiger charge is 2.19. The van der Waals surface area contributed by atoms with Crippen LogP contribution in [0.3, 0.4) is 0 Å². The standard InChI is InChI=1S/C9H18N4O3/c10-8(14)5-13(6-9(11)15)4-7-3-12-1-2-16-7/h7,12H,1-6H2,(H2,10,14)(H2,11,15). The van der Waals surface area contributed by atoms with Crippen LogP contribution in [0.4, 0.5) is 0 Å². The number of amides is 2. The largest absolute Gasteiger partial charge is 0.374 e. The zero-order chi connectivity index (χ0) is 12.0. The molecule has 0 aliphatic carbocycles. The van der Waals surface area contributed by atoms with Gasteiger partial charge in [-0.2, -0.15) is 0 Å². The number of nitrogens with one attached hydrogen (secondary N) is 1. The maximum Gasteiger partial charge on any atom is 0.231 e. The predicted octanol–water partition coefficient (Wildman–Crippen LogP) is -2.75. The van der Waals surface area contributed by atoms with E-state index in [1.165, 1.54) is 0 Å². The summed E-state index contributed by atoms with van der Waals surface area (Å²) in [4.78, 5) is 23.2. The van der Waals surface area contributed by atoms with Gasteiger partial charge in [-0.05, 0) is 0 Å². The van der Waals surface area contributed by atoms with Gasteiger partial charge in [0.25, 0.3) is 0 Å². The van der Waals surface area contributed by atoms with Crippen molar-refractivity contribution in [2.75, 3.05) is 39.3 Å². The van der Waals surface area contributed by atoms with Gasteiger partial charge >= 0.3 is 0 Å². The van der Waals surface area contributed by atoms with Gasteiger partial charge in [0.05, 0.1) is 25.8 Å². The summed E-state index contributed by atoms with van der Waals surface area (Å²) in [6.45, 7) is 2.66. The van der Waals surface area contributed by atoms with E-state index in [2.05, 4.69) is 5.32 Å². The molecule has 2 amide bonds. The van der Waals surface area contributed by atoms with Gasteiger partial charge < -0.3 is 21.5 Å². The van der Waals surface area contributed by atoms with Crippen LogP contribution in [-0.4, -0.2) is 62.1 Å². The molecule has 0 spiro atoms. The Kier molecular flexibility index (Phi) is 5.17. The Labute approximate surface area is 94.1 Å². The van der Waals surface area contributed by atoms with Crippen molar-refractivity contribution in [3.63, 3.8) is 0 Å². The Morgan fingerprint density at radius 1 is 1.31 bits per heavy atom. The average molecular weight is 230 g/mol. The van der Waals surface area contributed by atoms with Gasteiger partial charge in [0.1, 0.15) is 0 Å². The third-order valence-electron chi connectivity index (χ3n) is 2.23. The highest BCUT2D eigenvalue weighted by atomic mass is 16.5. The SMILES string of the molecule is NC(=O)CN(CC(N)=O)CC1CNCCO1. The summed E-state index contributed by atoms with van der Waals surface area (Å²) in [5.74, 6) is -0.963. The Bertz CT molecular complexity index is 237. The second-order valence-corrected chi connectivity index (χ2v) is 3.80. The number of morpholine rings is 1. The number of carbonyl (C=O) groups is 2. The quantitative estimate of drug-likeness (QED) is 0.458. The van der Waals surface area contributed by atoms with Crippen molar-refractivity contribution in [3.05, 3.63) is 0 Å². The van der Waals surface area contributed by atoms with E-state index in [1.807, 2.05) is 0 Å². The van der Waals surface area contributed by atoms with Gasteiger partial charge in [0, 0.05) is 19.6 Å². The van der Waals surface area contributed by atoms with Crippen LogP contribution >= 0.6 is 0 Å². The van der Waals surface area contributed by atoms with E-state index in [1.54, 1.807) is 4.90 Å². The number of ether oxygens (including phenoxy) is 1. The van der Waals surface area contributed by atoms with Gasteiger partial charge in [-0.25, -0.2) is 0 Å². The molecule has 0 aromatic carbocycles. The van der Waals surface area contributed by atoms with E-state index < -0.39 is 11.8 Å². The molecule has 0 aromatic rings. The Balaban J connectivity index is 2.40. The minimum Gasteiger partial charge on any atom is -0.374 e. The number of carbonyl (C=O) groups excluding carboxylic acids is 2. The maximum atomic E-state index is 10.8. The zero-order valence-corrected chi connectivity index (χ0v) is 9.15. The second-order valence-electron chi connectivity index (χ2n) is 3.80.